The molecule has 3 rings (SSSR count). The van der Waals surface area contributed by atoms with E-state index in [4.69, 9.17) is 27.9 Å². The summed E-state index contributed by atoms with van der Waals surface area (Å²) in [5, 5.41) is 0.120. The lowest BCUT2D eigenvalue weighted by Gasteiger charge is -2.09. The van der Waals surface area contributed by atoms with E-state index in [-0.39, 0.29) is 16.0 Å². The minimum absolute atomic E-state index is 0.174. The van der Waals surface area contributed by atoms with Gasteiger partial charge in [-0.3, -0.25) is 4.72 Å². The molecule has 0 spiro atoms. The molecule has 0 saturated heterocycles. The van der Waals surface area contributed by atoms with Gasteiger partial charge in [0.1, 0.15) is 16.5 Å². The monoisotopic (exact) mass is 406 g/mol. The lowest BCUT2D eigenvalue weighted by molar-refractivity contribution is 0.419. The Morgan fingerprint density at radius 1 is 1.12 bits per heavy atom. The highest BCUT2D eigenvalue weighted by Crippen LogP contribution is 2.36. The lowest BCUT2D eigenvalue weighted by Crippen LogP contribution is -2.14. The molecule has 3 aromatic rings. The van der Waals surface area contributed by atoms with E-state index < -0.39 is 32.4 Å². The minimum Gasteiger partial charge on any atom is -0.493 e. The Hall–Kier alpha value is -2.03. The number of aromatic nitrogens is 1. The van der Waals surface area contributed by atoms with Crippen LogP contribution in [0.4, 0.5) is 14.5 Å². The van der Waals surface area contributed by atoms with Gasteiger partial charge in [0.05, 0.1) is 28.4 Å². The molecule has 0 aliphatic heterocycles. The van der Waals surface area contributed by atoms with Gasteiger partial charge in [0, 0.05) is 17.6 Å². The predicted molar refractivity (Wildman–Crippen MR) is 92.0 cm³/mol. The van der Waals surface area contributed by atoms with Crippen LogP contribution in [0.1, 0.15) is 0 Å². The second-order valence-corrected chi connectivity index (χ2v) is 7.47. The Labute approximate surface area is 151 Å². The van der Waals surface area contributed by atoms with Gasteiger partial charge in [-0.15, -0.1) is 0 Å². The molecule has 25 heavy (non-hydrogen) atoms. The first-order valence-electron chi connectivity index (χ1n) is 6.75. The summed E-state index contributed by atoms with van der Waals surface area (Å²) in [7, 11) is -2.83. The molecule has 0 radical (unpaired) electrons. The fraction of sp³-hybridized carbons (Fsp3) is 0.0667. The van der Waals surface area contributed by atoms with Crippen LogP contribution in [0.5, 0.6) is 5.75 Å². The van der Waals surface area contributed by atoms with E-state index in [2.05, 4.69) is 4.98 Å². The van der Waals surface area contributed by atoms with E-state index in [1.54, 1.807) is 0 Å². The molecule has 0 aliphatic carbocycles. The zero-order valence-electron chi connectivity index (χ0n) is 12.5. The summed E-state index contributed by atoms with van der Waals surface area (Å²) in [6, 6.07) is 4.30. The third kappa shape index (κ3) is 3.12. The minimum atomic E-state index is -4.22. The van der Waals surface area contributed by atoms with Gasteiger partial charge in [0.15, 0.2) is 5.75 Å². The van der Waals surface area contributed by atoms with Gasteiger partial charge in [-0.25, -0.2) is 17.2 Å². The first kappa shape index (κ1) is 17.8. The molecule has 0 fully saturated rings. The number of rotatable bonds is 4. The van der Waals surface area contributed by atoms with Crippen LogP contribution in [0.2, 0.25) is 10.0 Å². The Kier molecular flexibility index (Phi) is 4.52. The molecule has 1 heterocycles. The number of benzene rings is 2. The molecule has 1 aromatic heterocycles. The lowest BCUT2D eigenvalue weighted by atomic mass is 10.2. The molecule has 0 aliphatic rings. The van der Waals surface area contributed by atoms with Crippen molar-refractivity contribution in [1.82, 2.24) is 4.98 Å². The van der Waals surface area contributed by atoms with Crippen molar-refractivity contribution in [3.05, 3.63) is 52.1 Å². The van der Waals surface area contributed by atoms with Crippen LogP contribution in [0, 0.1) is 11.6 Å². The van der Waals surface area contributed by atoms with E-state index in [1.165, 1.54) is 25.4 Å². The van der Waals surface area contributed by atoms with Crippen molar-refractivity contribution in [2.45, 2.75) is 4.90 Å². The third-order valence-corrected chi connectivity index (χ3v) is 5.46. The van der Waals surface area contributed by atoms with Crippen molar-refractivity contribution < 1.29 is 21.9 Å². The highest BCUT2D eigenvalue weighted by molar-refractivity contribution is 7.93. The first-order valence-corrected chi connectivity index (χ1v) is 8.99. The summed E-state index contributed by atoms with van der Waals surface area (Å²) in [5.41, 5.74) is -0.199. The number of methoxy groups -OCH3 is 1. The Morgan fingerprint density at radius 3 is 2.52 bits per heavy atom. The molecule has 0 unspecified atom stereocenters. The summed E-state index contributed by atoms with van der Waals surface area (Å²) in [5.74, 6) is -1.69. The highest BCUT2D eigenvalue weighted by atomic mass is 35.5. The van der Waals surface area contributed by atoms with Crippen LogP contribution in [0.3, 0.4) is 0 Å². The smallest absolute Gasteiger partial charge is 0.264 e. The molecule has 0 saturated carbocycles. The number of aromatic amines is 1. The average molecular weight is 407 g/mol. The highest BCUT2D eigenvalue weighted by Gasteiger charge is 2.23. The number of nitrogens with one attached hydrogen (secondary N) is 2. The van der Waals surface area contributed by atoms with Gasteiger partial charge < -0.3 is 9.72 Å². The van der Waals surface area contributed by atoms with Crippen molar-refractivity contribution in [1.29, 1.82) is 0 Å². The van der Waals surface area contributed by atoms with Crippen LogP contribution in [0.15, 0.2) is 35.4 Å². The molecular formula is C15H10Cl2F2N2O3S. The molecule has 5 nitrogen and oxygen atoms in total. The fourth-order valence-corrected chi connectivity index (χ4v) is 3.96. The van der Waals surface area contributed by atoms with Crippen LogP contribution in [0.25, 0.3) is 10.9 Å². The number of fused-ring (bicyclic) bond motifs is 1. The zero-order chi connectivity index (χ0) is 18.4. The summed E-state index contributed by atoms with van der Waals surface area (Å²) in [6.07, 6.45) is 1.20. The van der Waals surface area contributed by atoms with E-state index in [1.807, 2.05) is 4.72 Å². The van der Waals surface area contributed by atoms with E-state index in [9.17, 15) is 17.2 Å². The number of anilines is 1. The van der Waals surface area contributed by atoms with E-state index in [0.29, 0.717) is 22.7 Å². The molecule has 2 aromatic carbocycles. The summed E-state index contributed by atoms with van der Waals surface area (Å²) >= 11 is 11.5. The molecular weight excluding hydrogens is 397 g/mol. The SMILES string of the molecule is COc1c(Cl)ccc2c(S(=O)(=O)Nc3cc(F)c(Cl)cc3F)c[nH]c12. The number of halogens is 4. The molecule has 0 bridgehead atoms. The van der Waals surface area contributed by atoms with Crippen molar-refractivity contribution in [2.75, 3.05) is 11.8 Å². The standard InChI is InChI=1S/C15H10Cl2F2N2O3S/c1-24-15-8(16)3-2-7-13(6-20-14(7)15)25(22,23)21-12-5-10(18)9(17)4-11(12)19/h2-6,20-21H,1H3. The Bertz CT molecular complexity index is 1080. The normalized spacial score (nSPS) is 11.7. The maximum atomic E-state index is 13.9. The third-order valence-electron chi connectivity index (χ3n) is 3.47. The maximum Gasteiger partial charge on any atom is 0.264 e. The first-order chi connectivity index (χ1) is 11.7. The van der Waals surface area contributed by atoms with Crippen LogP contribution < -0.4 is 9.46 Å². The van der Waals surface area contributed by atoms with Crippen molar-refractivity contribution in [3.63, 3.8) is 0 Å². The predicted octanol–water partition coefficient (Wildman–Crippen LogP) is 4.56. The maximum absolute atomic E-state index is 13.9. The number of hydrogen-bond acceptors (Lipinski definition) is 3. The second-order valence-electron chi connectivity index (χ2n) is 5.01. The second kappa shape index (κ2) is 6.36. The zero-order valence-corrected chi connectivity index (χ0v) is 14.9. The van der Waals surface area contributed by atoms with Crippen molar-refractivity contribution in [3.8, 4) is 5.75 Å². The van der Waals surface area contributed by atoms with Gasteiger partial charge in [0.2, 0.25) is 0 Å². The number of hydrogen-bond donors (Lipinski definition) is 2. The molecule has 0 atom stereocenters. The molecule has 132 valence electrons. The van der Waals surface area contributed by atoms with Gasteiger partial charge in [-0.1, -0.05) is 23.2 Å². The summed E-state index contributed by atoms with van der Waals surface area (Å²) in [6.45, 7) is 0. The topological polar surface area (TPSA) is 71.2 Å². The average Bonchev–Trinajstić information content (AvgIpc) is 2.97. The number of sulfonamides is 1. The largest absolute Gasteiger partial charge is 0.493 e. The molecule has 2 N–H and O–H groups in total. The van der Waals surface area contributed by atoms with Gasteiger partial charge in [-0.05, 0) is 18.2 Å². The van der Waals surface area contributed by atoms with E-state index >= 15 is 0 Å². The summed E-state index contributed by atoms with van der Waals surface area (Å²) < 4.78 is 59.7. The number of H-pyrrole nitrogens is 1. The Morgan fingerprint density at radius 2 is 1.84 bits per heavy atom. The van der Waals surface area contributed by atoms with Crippen LogP contribution in [-0.2, 0) is 10.0 Å². The van der Waals surface area contributed by atoms with E-state index in [0.717, 1.165) is 0 Å². The Balaban J connectivity index is 2.10. The van der Waals surface area contributed by atoms with Crippen LogP contribution >= 0.6 is 23.2 Å². The van der Waals surface area contributed by atoms with Crippen LogP contribution in [-0.4, -0.2) is 20.5 Å². The molecule has 0 amide bonds. The van der Waals surface area contributed by atoms with Gasteiger partial charge in [-0.2, -0.15) is 0 Å². The van der Waals surface area contributed by atoms with Gasteiger partial charge in [0.25, 0.3) is 10.0 Å². The molecule has 10 heteroatoms. The fourth-order valence-electron chi connectivity index (χ4n) is 2.34. The van der Waals surface area contributed by atoms with Crippen molar-refractivity contribution >= 4 is 49.8 Å². The van der Waals surface area contributed by atoms with Gasteiger partial charge >= 0.3 is 0 Å². The van der Waals surface area contributed by atoms with Crippen molar-refractivity contribution in [2.24, 2.45) is 0 Å². The summed E-state index contributed by atoms with van der Waals surface area (Å²) in [4.78, 5) is 2.58. The number of ether oxygens (including phenoxy) is 1. The quantitative estimate of drug-likeness (QED) is 0.623.